The van der Waals surface area contributed by atoms with Gasteiger partial charge in [0.1, 0.15) is 0 Å². The summed E-state index contributed by atoms with van der Waals surface area (Å²) in [6, 6.07) is 0. The van der Waals surface area contributed by atoms with Crippen molar-refractivity contribution in [2.24, 2.45) is 16.6 Å². The number of nitrogens with zero attached hydrogens (tertiary/aromatic N) is 2. The van der Waals surface area contributed by atoms with Crippen LogP contribution in [0.5, 0.6) is 0 Å². The highest BCUT2D eigenvalue weighted by atomic mass is 15.4. The third-order valence-electron chi connectivity index (χ3n) is 4.22. The Morgan fingerprint density at radius 2 is 2.12 bits per heavy atom. The fourth-order valence-electron chi connectivity index (χ4n) is 2.72. The van der Waals surface area contributed by atoms with Gasteiger partial charge in [0.15, 0.2) is 5.96 Å². The van der Waals surface area contributed by atoms with Crippen LogP contribution in [-0.4, -0.2) is 29.5 Å². The number of unbranched alkanes of at least 4 members (excludes halogenated alkanes) is 3. The standard InChI is InChI=1S/C14H27N3/c1-3-4-5-6-9-14(2)11-16-13(15)17(14)10-12-7-8-12/h12H,3-11H2,1-2H3,(H2,15,16). The van der Waals surface area contributed by atoms with Crippen LogP contribution in [0.2, 0.25) is 0 Å². The molecule has 1 heterocycles. The van der Waals surface area contributed by atoms with E-state index in [1.807, 2.05) is 0 Å². The second kappa shape index (κ2) is 5.28. The first-order valence-electron chi connectivity index (χ1n) is 7.23. The van der Waals surface area contributed by atoms with E-state index in [1.54, 1.807) is 0 Å². The van der Waals surface area contributed by atoms with E-state index in [1.165, 1.54) is 44.9 Å². The summed E-state index contributed by atoms with van der Waals surface area (Å²) in [4.78, 5) is 6.86. The van der Waals surface area contributed by atoms with E-state index in [0.29, 0.717) is 0 Å². The molecule has 98 valence electrons. The van der Waals surface area contributed by atoms with E-state index >= 15 is 0 Å². The third kappa shape index (κ3) is 3.14. The zero-order chi connectivity index (χ0) is 12.3. The molecule has 0 radical (unpaired) electrons. The molecule has 0 aromatic heterocycles. The maximum Gasteiger partial charge on any atom is 0.191 e. The second-order valence-corrected chi connectivity index (χ2v) is 6.04. The number of nitrogens with two attached hydrogens (primary N) is 1. The summed E-state index contributed by atoms with van der Waals surface area (Å²) in [6.07, 6.45) is 9.34. The minimum absolute atomic E-state index is 0.209. The Hall–Kier alpha value is -0.730. The lowest BCUT2D eigenvalue weighted by Gasteiger charge is -2.36. The van der Waals surface area contributed by atoms with Crippen LogP contribution < -0.4 is 5.73 Å². The Balaban J connectivity index is 1.83. The van der Waals surface area contributed by atoms with Gasteiger partial charge in [-0.15, -0.1) is 0 Å². The first-order valence-corrected chi connectivity index (χ1v) is 7.23. The molecule has 0 aromatic carbocycles. The van der Waals surface area contributed by atoms with Gasteiger partial charge >= 0.3 is 0 Å². The van der Waals surface area contributed by atoms with Crippen molar-refractivity contribution in [2.45, 2.75) is 64.3 Å². The van der Waals surface area contributed by atoms with Crippen molar-refractivity contribution in [1.29, 1.82) is 0 Å². The lowest BCUT2D eigenvalue weighted by Crippen LogP contribution is -2.50. The minimum Gasteiger partial charge on any atom is -0.370 e. The van der Waals surface area contributed by atoms with E-state index in [2.05, 4.69) is 23.7 Å². The van der Waals surface area contributed by atoms with E-state index in [4.69, 9.17) is 5.73 Å². The molecule has 0 saturated heterocycles. The highest BCUT2D eigenvalue weighted by molar-refractivity contribution is 5.81. The molecule has 0 bridgehead atoms. The summed E-state index contributed by atoms with van der Waals surface area (Å²) in [7, 11) is 0. The second-order valence-electron chi connectivity index (χ2n) is 6.04. The fraction of sp³-hybridized carbons (Fsp3) is 0.929. The average Bonchev–Trinajstić information content (AvgIpc) is 3.08. The summed E-state index contributed by atoms with van der Waals surface area (Å²) >= 11 is 0. The molecule has 17 heavy (non-hydrogen) atoms. The van der Waals surface area contributed by atoms with Crippen LogP contribution in [0.3, 0.4) is 0 Å². The monoisotopic (exact) mass is 237 g/mol. The summed E-state index contributed by atoms with van der Waals surface area (Å²) in [5.41, 5.74) is 6.25. The van der Waals surface area contributed by atoms with Crippen molar-refractivity contribution >= 4 is 5.96 Å². The molecule has 1 atom stereocenters. The molecule has 3 heteroatoms. The van der Waals surface area contributed by atoms with Gasteiger partial charge in [0.2, 0.25) is 0 Å². The molecule has 1 aliphatic carbocycles. The van der Waals surface area contributed by atoms with Gasteiger partial charge in [0.25, 0.3) is 0 Å². The maximum atomic E-state index is 6.04. The van der Waals surface area contributed by atoms with Crippen LogP contribution in [0, 0.1) is 5.92 Å². The van der Waals surface area contributed by atoms with E-state index in [-0.39, 0.29) is 5.54 Å². The predicted octanol–water partition coefficient (Wildman–Crippen LogP) is 2.76. The average molecular weight is 237 g/mol. The van der Waals surface area contributed by atoms with Crippen molar-refractivity contribution in [3.8, 4) is 0 Å². The Labute approximate surface area is 105 Å². The van der Waals surface area contributed by atoms with Gasteiger partial charge in [-0.1, -0.05) is 32.6 Å². The van der Waals surface area contributed by atoms with Gasteiger partial charge in [-0.05, 0) is 32.1 Å². The van der Waals surface area contributed by atoms with Crippen molar-refractivity contribution < 1.29 is 0 Å². The quantitative estimate of drug-likeness (QED) is 0.692. The Bertz CT molecular complexity index is 283. The van der Waals surface area contributed by atoms with Crippen molar-refractivity contribution in [1.82, 2.24) is 4.90 Å². The number of guanidine groups is 1. The van der Waals surface area contributed by atoms with Gasteiger partial charge < -0.3 is 10.6 Å². The maximum absolute atomic E-state index is 6.04. The first kappa shape index (κ1) is 12.7. The first-order chi connectivity index (χ1) is 8.15. The van der Waals surface area contributed by atoms with Crippen molar-refractivity contribution in [3.05, 3.63) is 0 Å². The molecule has 0 amide bonds. The smallest absolute Gasteiger partial charge is 0.191 e. The summed E-state index contributed by atoms with van der Waals surface area (Å²) < 4.78 is 0. The van der Waals surface area contributed by atoms with E-state index in [0.717, 1.165) is 25.0 Å². The van der Waals surface area contributed by atoms with Gasteiger partial charge in [0.05, 0.1) is 12.1 Å². The lowest BCUT2D eigenvalue weighted by molar-refractivity contribution is 0.195. The molecule has 2 N–H and O–H groups in total. The third-order valence-corrected chi connectivity index (χ3v) is 4.22. The molecular weight excluding hydrogens is 210 g/mol. The topological polar surface area (TPSA) is 41.6 Å². The molecule has 1 fully saturated rings. The van der Waals surface area contributed by atoms with Gasteiger partial charge in [-0.25, -0.2) is 0 Å². The lowest BCUT2D eigenvalue weighted by atomic mass is 9.93. The highest BCUT2D eigenvalue weighted by Crippen LogP contribution is 2.35. The normalized spacial score (nSPS) is 28.6. The number of hydrogen-bond acceptors (Lipinski definition) is 3. The fourth-order valence-corrected chi connectivity index (χ4v) is 2.72. The molecule has 2 aliphatic rings. The Morgan fingerprint density at radius 3 is 2.76 bits per heavy atom. The zero-order valence-electron chi connectivity index (χ0n) is 11.4. The van der Waals surface area contributed by atoms with E-state index < -0.39 is 0 Å². The largest absolute Gasteiger partial charge is 0.370 e. The number of rotatable bonds is 7. The van der Waals surface area contributed by atoms with Crippen LogP contribution in [0.4, 0.5) is 0 Å². The molecular formula is C14H27N3. The summed E-state index contributed by atoms with van der Waals surface area (Å²) in [5.74, 6) is 1.67. The molecule has 1 aliphatic heterocycles. The van der Waals surface area contributed by atoms with Gasteiger partial charge in [-0.2, -0.15) is 0 Å². The molecule has 3 nitrogen and oxygen atoms in total. The Morgan fingerprint density at radius 1 is 1.35 bits per heavy atom. The number of hydrogen-bond donors (Lipinski definition) is 1. The van der Waals surface area contributed by atoms with Crippen LogP contribution in [0.1, 0.15) is 58.8 Å². The summed E-state index contributed by atoms with van der Waals surface area (Å²) in [5, 5.41) is 0. The van der Waals surface area contributed by atoms with Crippen molar-refractivity contribution in [2.75, 3.05) is 13.1 Å². The van der Waals surface area contributed by atoms with Crippen LogP contribution >= 0.6 is 0 Å². The van der Waals surface area contributed by atoms with Crippen molar-refractivity contribution in [3.63, 3.8) is 0 Å². The van der Waals surface area contributed by atoms with Crippen LogP contribution in [0.15, 0.2) is 4.99 Å². The molecule has 1 saturated carbocycles. The number of aliphatic imine (C=N–C) groups is 1. The molecule has 2 rings (SSSR count). The molecule has 1 unspecified atom stereocenters. The minimum atomic E-state index is 0.209. The molecule has 0 aromatic rings. The van der Waals surface area contributed by atoms with Gasteiger partial charge in [0, 0.05) is 6.54 Å². The molecule has 0 spiro atoms. The van der Waals surface area contributed by atoms with Gasteiger partial charge in [-0.3, -0.25) is 4.99 Å². The zero-order valence-corrected chi connectivity index (χ0v) is 11.4. The van der Waals surface area contributed by atoms with Crippen LogP contribution in [-0.2, 0) is 0 Å². The summed E-state index contributed by atoms with van der Waals surface area (Å²) in [6.45, 7) is 6.64. The van der Waals surface area contributed by atoms with Crippen LogP contribution in [0.25, 0.3) is 0 Å². The van der Waals surface area contributed by atoms with E-state index in [9.17, 15) is 0 Å². The highest BCUT2D eigenvalue weighted by Gasteiger charge is 2.39. The Kier molecular flexibility index (Phi) is 3.95. The SMILES string of the molecule is CCCCCCC1(C)CN=C(N)N1CC1CC1. The predicted molar refractivity (Wildman–Crippen MR) is 73.1 cm³/mol.